The number of aliphatic hydroxyl groups is 2. The topological polar surface area (TPSA) is 49.7 Å². The molecule has 2 N–H and O–H groups in total. The number of fused-ring (bicyclic) bond motifs is 2. The molecule has 3 nitrogen and oxygen atoms in total. The van der Waals surface area contributed by atoms with E-state index >= 15 is 0 Å². The summed E-state index contributed by atoms with van der Waals surface area (Å²) in [6.07, 6.45) is 8.30. The van der Waals surface area contributed by atoms with Crippen molar-refractivity contribution in [3.8, 4) is 0 Å². The maximum absolute atomic E-state index is 10.8. The minimum atomic E-state index is -0.874. The summed E-state index contributed by atoms with van der Waals surface area (Å²) in [7, 11) is 0. The third-order valence-corrected chi connectivity index (χ3v) is 5.77. The maximum Gasteiger partial charge on any atom is 0.0920 e. The lowest BCUT2D eigenvalue weighted by Crippen LogP contribution is -2.47. The van der Waals surface area contributed by atoms with Crippen LogP contribution < -0.4 is 0 Å². The number of ether oxygens (including phenoxy) is 1. The van der Waals surface area contributed by atoms with Crippen molar-refractivity contribution in [1.29, 1.82) is 0 Å². The molecule has 4 atom stereocenters. The minimum Gasteiger partial charge on any atom is -0.390 e. The summed E-state index contributed by atoms with van der Waals surface area (Å²) < 4.78 is 6.38. The van der Waals surface area contributed by atoms with Crippen molar-refractivity contribution in [2.75, 3.05) is 0 Å². The Bertz CT molecular complexity index is 475. The molecule has 2 rings (SSSR count). The summed E-state index contributed by atoms with van der Waals surface area (Å²) in [6, 6.07) is 0. The molecule has 2 aliphatic heterocycles. The van der Waals surface area contributed by atoms with E-state index in [4.69, 9.17) is 4.74 Å². The first-order chi connectivity index (χ1) is 10.6. The lowest BCUT2D eigenvalue weighted by atomic mass is 9.85. The van der Waals surface area contributed by atoms with Gasteiger partial charge in [0.2, 0.25) is 0 Å². The highest BCUT2D eigenvalue weighted by atomic mass is 16.5. The van der Waals surface area contributed by atoms with E-state index in [0.717, 1.165) is 25.7 Å². The average molecular weight is 322 g/mol. The Hall–Kier alpha value is -0.640. The molecular formula is C20H34O3. The van der Waals surface area contributed by atoms with E-state index in [1.165, 1.54) is 11.1 Å². The van der Waals surface area contributed by atoms with Crippen LogP contribution in [0.15, 0.2) is 23.3 Å². The van der Waals surface area contributed by atoms with Crippen LogP contribution in [0, 0.1) is 5.92 Å². The van der Waals surface area contributed by atoms with Gasteiger partial charge in [0.05, 0.1) is 23.4 Å². The van der Waals surface area contributed by atoms with Gasteiger partial charge in [-0.1, -0.05) is 37.1 Å². The second-order valence-corrected chi connectivity index (χ2v) is 8.28. The van der Waals surface area contributed by atoms with E-state index in [9.17, 15) is 10.2 Å². The number of aliphatic hydroxyl groups excluding tert-OH is 1. The molecule has 3 heteroatoms. The number of hydrogen-bond acceptors (Lipinski definition) is 3. The van der Waals surface area contributed by atoms with Crippen molar-refractivity contribution < 1.29 is 14.9 Å². The van der Waals surface area contributed by atoms with Crippen LogP contribution in [0.5, 0.6) is 0 Å². The highest BCUT2D eigenvalue weighted by molar-refractivity contribution is 5.19. The van der Waals surface area contributed by atoms with Gasteiger partial charge in [-0.3, -0.25) is 0 Å². The molecule has 132 valence electrons. The van der Waals surface area contributed by atoms with E-state index in [1.54, 1.807) is 0 Å². The summed E-state index contributed by atoms with van der Waals surface area (Å²) in [5.41, 5.74) is 1.26. The molecule has 0 unspecified atom stereocenters. The first-order valence-corrected chi connectivity index (χ1v) is 9.08. The van der Waals surface area contributed by atoms with Crippen LogP contribution in [0.4, 0.5) is 0 Å². The summed E-state index contributed by atoms with van der Waals surface area (Å²) in [5, 5.41) is 21.5. The van der Waals surface area contributed by atoms with Crippen LogP contribution in [0.3, 0.4) is 0 Å². The molecule has 2 aliphatic rings. The summed E-state index contributed by atoms with van der Waals surface area (Å²) in [6.45, 7) is 10.4. The zero-order valence-electron chi connectivity index (χ0n) is 15.4. The Morgan fingerprint density at radius 2 is 1.83 bits per heavy atom. The van der Waals surface area contributed by atoms with Gasteiger partial charge in [0, 0.05) is 0 Å². The fourth-order valence-corrected chi connectivity index (χ4v) is 3.67. The molecule has 1 saturated heterocycles. The zero-order valence-corrected chi connectivity index (χ0v) is 15.4. The van der Waals surface area contributed by atoms with E-state index in [0.29, 0.717) is 18.8 Å². The minimum absolute atomic E-state index is 0.228. The quantitative estimate of drug-likeness (QED) is 0.763. The molecular weight excluding hydrogens is 288 g/mol. The Kier molecular flexibility index (Phi) is 5.76. The van der Waals surface area contributed by atoms with Crippen LogP contribution in [-0.4, -0.2) is 33.6 Å². The van der Waals surface area contributed by atoms with Gasteiger partial charge in [-0.15, -0.1) is 0 Å². The van der Waals surface area contributed by atoms with E-state index in [-0.39, 0.29) is 6.10 Å². The highest BCUT2D eigenvalue weighted by Gasteiger charge is 2.46. The standard InChI is InChI=1S/C20H34O3/c1-14(2)16-8-6-15(3)7-9-18-19(4,22)12-11-17(21)20(5,23-18)13-10-16/h6,8,14,17-18,21-22H,7,9-13H2,1-5H3/b15-6+,16-8+/t17-,18-,19-,20+/m0/s1. The van der Waals surface area contributed by atoms with Crippen molar-refractivity contribution in [2.24, 2.45) is 5.92 Å². The van der Waals surface area contributed by atoms with E-state index in [1.807, 2.05) is 13.8 Å². The van der Waals surface area contributed by atoms with Gasteiger partial charge in [-0.05, 0) is 65.2 Å². The predicted molar refractivity (Wildman–Crippen MR) is 94.3 cm³/mol. The second kappa shape index (κ2) is 7.08. The van der Waals surface area contributed by atoms with Gasteiger partial charge in [-0.25, -0.2) is 0 Å². The molecule has 0 aromatic heterocycles. The van der Waals surface area contributed by atoms with Gasteiger partial charge < -0.3 is 14.9 Å². The molecule has 0 radical (unpaired) electrons. The first kappa shape index (κ1) is 18.7. The number of rotatable bonds is 1. The van der Waals surface area contributed by atoms with E-state index < -0.39 is 17.3 Å². The molecule has 0 aliphatic carbocycles. The first-order valence-electron chi connectivity index (χ1n) is 9.08. The SMILES string of the molecule is C/C1=C\C=C(\C(C)C)CC[C@@]2(C)O[C@@H](CC1)[C@@](C)(O)CC[C@@H]2O. The van der Waals surface area contributed by atoms with Gasteiger partial charge in [0.25, 0.3) is 0 Å². The number of hydrogen-bond donors (Lipinski definition) is 2. The Labute approximate surface area is 141 Å². The fraction of sp³-hybridized carbons (Fsp3) is 0.800. The molecule has 0 spiro atoms. The lowest BCUT2D eigenvalue weighted by molar-refractivity contribution is -0.180. The Morgan fingerprint density at radius 3 is 2.48 bits per heavy atom. The van der Waals surface area contributed by atoms with E-state index in [2.05, 4.69) is 32.9 Å². The van der Waals surface area contributed by atoms with Crippen molar-refractivity contribution >= 4 is 0 Å². The van der Waals surface area contributed by atoms with Crippen LogP contribution >= 0.6 is 0 Å². The average Bonchev–Trinajstić information content (AvgIpc) is 2.56. The van der Waals surface area contributed by atoms with Crippen LogP contribution in [0.1, 0.15) is 73.1 Å². The second-order valence-electron chi connectivity index (χ2n) is 8.28. The number of allylic oxidation sites excluding steroid dienone is 4. The van der Waals surface area contributed by atoms with Crippen molar-refractivity contribution in [3.05, 3.63) is 23.3 Å². The summed E-state index contributed by atoms with van der Waals surface area (Å²) in [5.74, 6) is 0.491. The van der Waals surface area contributed by atoms with Crippen LogP contribution in [0.25, 0.3) is 0 Å². The van der Waals surface area contributed by atoms with Gasteiger partial charge >= 0.3 is 0 Å². The molecule has 23 heavy (non-hydrogen) atoms. The highest BCUT2D eigenvalue weighted by Crippen LogP contribution is 2.39. The molecule has 0 aromatic carbocycles. The van der Waals surface area contributed by atoms with Crippen molar-refractivity contribution in [3.63, 3.8) is 0 Å². The largest absolute Gasteiger partial charge is 0.390 e. The molecule has 0 aromatic rings. The zero-order chi connectivity index (χ0) is 17.3. The fourth-order valence-electron chi connectivity index (χ4n) is 3.67. The Morgan fingerprint density at radius 1 is 1.13 bits per heavy atom. The molecule has 0 amide bonds. The summed E-state index contributed by atoms with van der Waals surface area (Å²) >= 11 is 0. The smallest absolute Gasteiger partial charge is 0.0920 e. The van der Waals surface area contributed by atoms with Crippen molar-refractivity contribution in [1.82, 2.24) is 0 Å². The van der Waals surface area contributed by atoms with Gasteiger partial charge in [0.15, 0.2) is 0 Å². The third-order valence-electron chi connectivity index (χ3n) is 5.77. The monoisotopic (exact) mass is 322 g/mol. The Balaban J connectivity index is 2.34. The van der Waals surface area contributed by atoms with Crippen LogP contribution in [-0.2, 0) is 4.74 Å². The molecule has 1 fully saturated rings. The van der Waals surface area contributed by atoms with Crippen molar-refractivity contribution in [2.45, 2.75) is 96.6 Å². The van der Waals surface area contributed by atoms with Gasteiger partial charge in [0.1, 0.15) is 0 Å². The maximum atomic E-state index is 10.8. The lowest BCUT2D eigenvalue weighted by Gasteiger charge is -2.38. The molecule has 0 saturated carbocycles. The normalized spacial score (nSPS) is 44.5. The third kappa shape index (κ3) is 4.46. The summed E-state index contributed by atoms with van der Waals surface area (Å²) in [4.78, 5) is 0. The van der Waals surface area contributed by atoms with Crippen LogP contribution in [0.2, 0.25) is 0 Å². The van der Waals surface area contributed by atoms with Gasteiger partial charge in [-0.2, -0.15) is 0 Å². The molecule has 2 heterocycles. The predicted octanol–water partition coefficient (Wildman–Crippen LogP) is 4.14. The molecule has 2 bridgehead atoms.